The third-order valence-corrected chi connectivity index (χ3v) is 3.03. The zero-order chi connectivity index (χ0) is 8.39. The zero-order valence-electron chi connectivity index (χ0n) is 6.34. The van der Waals surface area contributed by atoms with E-state index in [-0.39, 0.29) is 4.71 Å². The minimum atomic E-state index is 0.131. The first-order valence-electron chi connectivity index (χ1n) is 3.63. The van der Waals surface area contributed by atoms with Gasteiger partial charge in [-0.1, -0.05) is 6.07 Å². The van der Waals surface area contributed by atoms with Crippen LogP contribution in [0.1, 0.15) is 0 Å². The number of pyridine rings is 1. The number of hydrogen-bond acceptors (Lipinski definition) is 4. The number of rotatable bonds is 1. The molecule has 1 atom stereocenters. The largest absolute Gasteiger partial charge is 0.716 e. The second kappa shape index (κ2) is 3.55. The lowest BCUT2D eigenvalue weighted by Crippen LogP contribution is -2.34. The molecule has 0 spiro atoms. The van der Waals surface area contributed by atoms with Crippen molar-refractivity contribution >= 4 is 30.2 Å². The molecule has 12 heavy (non-hydrogen) atoms. The van der Waals surface area contributed by atoms with Crippen molar-refractivity contribution in [3.05, 3.63) is 24.4 Å². The van der Waals surface area contributed by atoms with Gasteiger partial charge in [0.15, 0.2) is 5.88 Å². The van der Waals surface area contributed by atoms with E-state index >= 15 is 0 Å². The number of aromatic nitrogens is 1. The highest BCUT2D eigenvalue weighted by Crippen LogP contribution is 2.11. The van der Waals surface area contributed by atoms with E-state index in [4.69, 9.17) is 12.6 Å². The molecule has 5 heteroatoms. The molecule has 0 aliphatic carbocycles. The van der Waals surface area contributed by atoms with E-state index in [0.29, 0.717) is 0 Å². The number of nitrogens with one attached hydrogen (secondary N) is 1. The lowest BCUT2D eigenvalue weighted by molar-refractivity contribution is 0.756. The van der Waals surface area contributed by atoms with Crippen molar-refractivity contribution in [1.82, 2.24) is 10.4 Å². The van der Waals surface area contributed by atoms with Crippen LogP contribution in [-0.4, -0.2) is 15.6 Å². The Bertz CT molecular complexity index is 254. The molecule has 2 rings (SSSR count). The molecule has 1 fully saturated rings. The van der Waals surface area contributed by atoms with E-state index < -0.39 is 0 Å². The highest BCUT2D eigenvalue weighted by Gasteiger charge is 2.20. The lowest BCUT2D eigenvalue weighted by atomic mass is 10.5. The van der Waals surface area contributed by atoms with Crippen LogP contribution >= 0.6 is 0 Å². The maximum absolute atomic E-state index is 5.09. The summed E-state index contributed by atoms with van der Waals surface area (Å²) < 4.78 is 0.131. The van der Waals surface area contributed by atoms with Crippen molar-refractivity contribution in [2.24, 2.45) is 0 Å². The zero-order valence-corrected chi connectivity index (χ0v) is 8.05. The number of anilines is 1. The van der Waals surface area contributed by atoms with Gasteiger partial charge in [-0.3, -0.25) is 0 Å². The van der Waals surface area contributed by atoms with Gasteiger partial charge >= 0.3 is 0 Å². The van der Waals surface area contributed by atoms with E-state index in [2.05, 4.69) is 10.4 Å². The molecular formula is C7H9N3S2. The molecule has 0 aromatic carbocycles. The summed E-state index contributed by atoms with van der Waals surface area (Å²) in [5.41, 5.74) is 3.14. The molecule has 0 bridgehead atoms. The molecule has 2 heterocycles. The van der Waals surface area contributed by atoms with Gasteiger partial charge in [-0.2, -0.15) is 0 Å². The van der Waals surface area contributed by atoms with Crippen LogP contribution in [-0.2, 0) is 24.4 Å². The maximum atomic E-state index is 5.09. The van der Waals surface area contributed by atoms with Gasteiger partial charge in [-0.15, -0.1) is 0 Å². The highest BCUT2D eigenvalue weighted by molar-refractivity contribution is 7.90. The third kappa shape index (κ3) is 1.68. The van der Waals surface area contributed by atoms with E-state index in [1.165, 1.54) is 11.8 Å². The number of thiol groups is 1. The fourth-order valence-corrected chi connectivity index (χ4v) is 2.11. The molecule has 0 radical (unpaired) electrons. The minimum absolute atomic E-state index is 0.131. The summed E-state index contributed by atoms with van der Waals surface area (Å²) in [5.74, 6) is 1.86. The molecule has 0 saturated carbocycles. The SMILES string of the molecule is [S-]C1NN(c2ccccn2)C[SH+]1. The normalized spacial score (nSPS) is 23.1. The van der Waals surface area contributed by atoms with E-state index in [1.807, 2.05) is 23.2 Å². The molecule has 1 aliphatic rings. The van der Waals surface area contributed by atoms with Gasteiger partial charge in [0.2, 0.25) is 0 Å². The summed E-state index contributed by atoms with van der Waals surface area (Å²) in [6.45, 7) is 0. The summed E-state index contributed by atoms with van der Waals surface area (Å²) in [4.78, 5) is 4.21. The van der Waals surface area contributed by atoms with E-state index in [0.717, 1.165) is 11.7 Å². The highest BCUT2D eigenvalue weighted by atomic mass is 32.2. The Morgan fingerprint density at radius 3 is 3.17 bits per heavy atom. The average Bonchev–Trinajstić information content (AvgIpc) is 2.54. The molecule has 1 aliphatic heterocycles. The molecule has 1 unspecified atom stereocenters. The summed E-state index contributed by atoms with van der Waals surface area (Å²) in [5, 5.41) is 1.99. The van der Waals surface area contributed by atoms with Crippen LogP contribution in [0, 0.1) is 0 Å². The van der Waals surface area contributed by atoms with Crippen LogP contribution < -0.4 is 10.4 Å². The van der Waals surface area contributed by atoms with Crippen LogP contribution in [0.15, 0.2) is 24.4 Å². The fourth-order valence-electron chi connectivity index (χ4n) is 1.02. The predicted octanol–water partition coefficient (Wildman–Crippen LogP) is 0.00910. The summed E-state index contributed by atoms with van der Waals surface area (Å²) >= 11 is 6.32. The Morgan fingerprint density at radius 2 is 2.58 bits per heavy atom. The van der Waals surface area contributed by atoms with Crippen LogP contribution in [0.25, 0.3) is 0 Å². The first-order chi connectivity index (χ1) is 5.86. The summed E-state index contributed by atoms with van der Waals surface area (Å²) in [6, 6.07) is 5.84. The Kier molecular flexibility index (Phi) is 2.43. The molecule has 3 nitrogen and oxygen atoms in total. The van der Waals surface area contributed by atoms with Crippen molar-refractivity contribution in [2.45, 2.75) is 4.71 Å². The molecule has 1 N–H and O–H groups in total. The van der Waals surface area contributed by atoms with Crippen molar-refractivity contribution in [3.8, 4) is 0 Å². The van der Waals surface area contributed by atoms with Gasteiger partial charge in [-0.25, -0.2) is 15.4 Å². The predicted molar refractivity (Wildman–Crippen MR) is 54.6 cm³/mol. The van der Waals surface area contributed by atoms with Crippen LogP contribution in [0.3, 0.4) is 0 Å². The second-order valence-electron chi connectivity index (χ2n) is 2.42. The van der Waals surface area contributed by atoms with E-state index in [9.17, 15) is 0 Å². The first-order valence-corrected chi connectivity index (χ1v) is 5.25. The maximum Gasteiger partial charge on any atom is 0.193 e. The standard InChI is InChI=1S/C7H9N3S2/c11-7-9-10(5-12-7)6-3-1-2-4-8-6/h1-4,7,9,11H,5H2. The fraction of sp³-hybridized carbons (Fsp3) is 0.286. The smallest absolute Gasteiger partial charge is 0.193 e. The monoisotopic (exact) mass is 199 g/mol. The third-order valence-electron chi connectivity index (χ3n) is 1.58. The van der Waals surface area contributed by atoms with Gasteiger partial charge in [-0.05, 0) is 23.9 Å². The topological polar surface area (TPSA) is 28.2 Å². The Balaban J connectivity index is 2.11. The van der Waals surface area contributed by atoms with Crippen LogP contribution in [0.5, 0.6) is 0 Å². The average molecular weight is 199 g/mol. The van der Waals surface area contributed by atoms with Gasteiger partial charge in [0, 0.05) is 6.20 Å². The lowest BCUT2D eigenvalue weighted by Gasteiger charge is -2.15. The van der Waals surface area contributed by atoms with Gasteiger partial charge in [0.05, 0.1) is 4.71 Å². The Hall–Kier alpha value is -0.390. The van der Waals surface area contributed by atoms with Crippen molar-refractivity contribution in [2.75, 3.05) is 10.9 Å². The number of hydrazine groups is 1. The first kappa shape index (κ1) is 8.22. The van der Waals surface area contributed by atoms with Crippen LogP contribution in [0.2, 0.25) is 0 Å². The summed E-state index contributed by atoms with van der Waals surface area (Å²) in [6.07, 6.45) is 1.78. The van der Waals surface area contributed by atoms with Gasteiger partial charge in [0.25, 0.3) is 0 Å². The van der Waals surface area contributed by atoms with Crippen molar-refractivity contribution < 1.29 is 0 Å². The molecule has 64 valence electrons. The molecule has 1 saturated heterocycles. The summed E-state index contributed by atoms with van der Waals surface area (Å²) in [7, 11) is 0. The van der Waals surface area contributed by atoms with Gasteiger partial charge < -0.3 is 12.6 Å². The van der Waals surface area contributed by atoms with Crippen molar-refractivity contribution in [3.63, 3.8) is 0 Å². The van der Waals surface area contributed by atoms with Crippen LogP contribution in [0.4, 0.5) is 5.82 Å². The molecular weight excluding hydrogens is 190 g/mol. The van der Waals surface area contributed by atoms with Gasteiger partial charge in [0.1, 0.15) is 5.82 Å². The quantitative estimate of drug-likeness (QED) is 0.392. The molecule has 0 amide bonds. The van der Waals surface area contributed by atoms with E-state index in [1.54, 1.807) is 6.20 Å². The Labute approximate surface area is 80.9 Å². The second-order valence-corrected chi connectivity index (χ2v) is 4.41. The minimum Gasteiger partial charge on any atom is -0.716 e. The molecule has 1 aromatic rings. The number of nitrogens with zero attached hydrogens (tertiary/aromatic N) is 2. The number of hydrogen-bond donors (Lipinski definition) is 1. The Morgan fingerprint density at radius 1 is 1.67 bits per heavy atom. The molecule has 1 aromatic heterocycles. The van der Waals surface area contributed by atoms with Crippen molar-refractivity contribution in [1.29, 1.82) is 0 Å².